The molecule has 0 aliphatic carbocycles. The van der Waals surface area contributed by atoms with E-state index in [9.17, 15) is 9.59 Å². The van der Waals surface area contributed by atoms with Gasteiger partial charge in [-0.15, -0.1) is 0 Å². The first-order valence-corrected chi connectivity index (χ1v) is 10.6. The van der Waals surface area contributed by atoms with Crippen LogP contribution in [-0.2, 0) is 0 Å². The third-order valence-corrected chi connectivity index (χ3v) is 5.25. The molecule has 0 saturated heterocycles. The number of carbonyl (C=O) groups excluding carboxylic acids is 2. The Labute approximate surface area is 191 Å². The van der Waals surface area contributed by atoms with Gasteiger partial charge in [0.15, 0.2) is 0 Å². The van der Waals surface area contributed by atoms with E-state index in [1.807, 2.05) is 45.0 Å². The molecule has 4 rings (SSSR count). The molecule has 0 aliphatic rings. The number of hydrogen-bond donors (Lipinski definition) is 3. The van der Waals surface area contributed by atoms with Gasteiger partial charge in [0.2, 0.25) is 0 Å². The van der Waals surface area contributed by atoms with E-state index in [0.29, 0.717) is 39.4 Å². The molecule has 0 unspecified atom stereocenters. The van der Waals surface area contributed by atoms with Gasteiger partial charge in [-0.25, -0.2) is 9.78 Å². The molecule has 2 heterocycles. The number of fused-ring (bicyclic) bond motifs is 1. The van der Waals surface area contributed by atoms with Crippen LogP contribution >= 0.6 is 0 Å². The maximum Gasteiger partial charge on any atom is 0.323 e. The van der Waals surface area contributed by atoms with Gasteiger partial charge in [-0.2, -0.15) is 0 Å². The normalized spacial score (nSPS) is 10.9. The lowest BCUT2D eigenvalue weighted by molar-refractivity contribution is 0.102. The molecule has 0 spiro atoms. The highest BCUT2D eigenvalue weighted by Gasteiger charge is 2.20. The van der Waals surface area contributed by atoms with Crippen molar-refractivity contribution in [3.8, 4) is 0 Å². The van der Waals surface area contributed by atoms with Crippen molar-refractivity contribution in [1.29, 1.82) is 0 Å². The van der Waals surface area contributed by atoms with Crippen molar-refractivity contribution in [2.75, 3.05) is 16.0 Å². The zero-order chi connectivity index (χ0) is 23.5. The van der Waals surface area contributed by atoms with Crippen LogP contribution in [0.1, 0.15) is 47.1 Å². The van der Waals surface area contributed by atoms with Crippen LogP contribution in [0.25, 0.3) is 11.1 Å². The van der Waals surface area contributed by atoms with Crippen LogP contribution in [0.2, 0.25) is 0 Å². The van der Waals surface area contributed by atoms with Gasteiger partial charge >= 0.3 is 6.03 Å². The predicted molar refractivity (Wildman–Crippen MR) is 129 cm³/mol. The number of rotatable bonds is 5. The molecule has 2 aromatic heterocycles. The summed E-state index contributed by atoms with van der Waals surface area (Å²) in [5.74, 6) is -0.187. The minimum atomic E-state index is -0.375. The molecule has 0 bridgehead atoms. The minimum Gasteiger partial charge on any atom is -0.336 e. The van der Waals surface area contributed by atoms with E-state index in [-0.39, 0.29) is 17.9 Å². The lowest BCUT2D eigenvalue weighted by Gasteiger charge is -2.13. The van der Waals surface area contributed by atoms with Crippen molar-refractivity contribution in [2.45, 2.75) is 33.6 Å². The highest BCUT2D eigenvalue weighted by Crippen LogP contribution is 2.27. The molecule has 4 aromatic rings. The Balaban J connectivity index is 1.57. The van der Waals surface area contributed by atoms with Gasteiger partial charge in [0, 0.05) is 22.8 Å². The number of pyridine rings is 1. The summed E-state index contributed by atoms with van der Waals surface area (Å²) in [5, 5.41) is 13.1. The van der Waals surface area contributed by atoms with E-state index >= 15 is 0 Å². The van der Waals surface area contributed by atoms with Crippen molar-refractivity contribution >= 4 is 40.1 Å². The molecule has 8 heteroatoms. The number of aromatic nitrogens is 2. The van der Waals surface area contributed by atoms with Crippen molar-refractivity contribution in [1.82, 2.24) is 10.1 Å². The minimum absolute atomic E-state index is 0.115. The van der Waals surface area contributed by atoms with Crippen LogP contribution in [0, 0.1) is 13.8 Å². The van der Waals surface area contributed by atoms with Crippen molar-refractivity contribution in [3.05, 3.63) is 77.1 Å². The summed E-state index contributed by atoms with van der Waals surface area (Å²) in [6.07, 6.45) is 0. The molecule has 2 aromatic carbocycles. The molecule has 168 valence electrons. The SMILES string of the molecule is Cc1ccc(NC(=O)Nc2ccccc2)cc1NC(=O)c1cc(C(C)C)nc2onc(C)c12. The monoisotopic (exact) mass is 443 g/mol. The van der Waals surface area contributed by atoms with Crippen molar-refractivity contribution in [2.24, 2.45) is 0 Å². The number of hydrogen-bond acceptors (Lipinski definition) is 5. The number of amides is 3. The van der Waals surface area contributed by atoms with Gasteiger partial charge < -0.3 is 20.5 Å². The van der Waals surface area contributed by atoms with Crippen molar-refractivity contribution < 1.29 is 14.1 Å². The lowest BCUT2D eigenvalue weighted by Crippen LogP contribution is -2.20. The molecule has 0 radical (unpaired) electrons. The first-order valence-electron chi connectivity index (χ1n) is 10.6. The maximum atomic E-state index is 13.3. The van der Waals surface area contributed by atoms with Gasteiger partial charge in [-0.3, -0.25) is 4.79 Å². The number of para-hydroxylation sites is 1. The Morgan fingerprint density at radius 2 is 1.64 bits per heavy atom. The smallest absolute Gasteiger partial charge is 0.323 e. The van der Waals surface area contributed by atoms with Gasteiger partial charge in [-0.1, -0.05) is 43.3 Å². The number of nitrogens with one attached hydrogen (secondary N) is 3. The van der Waals surface area contributed by atoms with Crippen molar-refractivity contribution in [3.63, 3.8) is 0 Å². The predicted octanol–water partition coefficient (Wildman–Crippen LogP) is 5.86. The summed E-state index contributed by atoms with van der Waals surface area (Å²) in [5.41, 5.74) is 4.80. The molecule has 33 heavy (non-hydrogen) atoms. The average molecular weight is 444 g/mol. The summed E-state index contributed by atoms with van der Waals surface area (Å²) in [6, 6.07) is 15.9. The van der Waals surface area contributed by atoms with E-state index in [1.165, 1.54) is 0 Å². The summed E-state index contributed by atoms with van der Waals surface area (Å²) in [4.78, 5) is 30.1. The fourth-order valence-electron chi connectivity index (χ4n) is 3.43. The number of urea groups is 1. The summed E-state index contributed by atoms with van der Waals surface area (Å²) in [6.45, 7) is 7.66. The highest BCUT2D eigenvalue weighted by atomic mass is 16.5. The highest BCUT2D eigenvalue weighted by molar-refractivity contribution is 6.13. The van der Waals surface area contributed by atoms with Crippen LogP contribution in [0.15, 0.2) is 59.1 Å². The molecule has 8 nitrogen and oxygen atoms in total. The zero-order valence-corrected chi connectivity index (χ0v) is 18.9. The third kappa shape index (κ3) is 4.85. The molecule has 3 N–H and O–H groups in total. The largest absolute Gasteiger partial charge is 0.336 e. The van der Waals surface area contributed by atoms with E-state index in [2.05, 4.69) is 26.1 Å². The Kier molecular flexibility index (Phi) is 6.08. The average Bonchev–Trinajstić information content (AvgIpc) is 3.16. The lowest BCUT2D eigenvalue weighted by atomic mass is 10.0. The quantitative estimate of drug-likeness (QED) is 0.358. The Morgan fingerprint density at radius 3 is 2.36 bits per heavy atom. The van der Waals surface area contributed by atoms with E-state index in [4.69, 9.17) is 4.52 Å². The molecular weight excluding hydrogens is 418 g/mol. The topological polar surface area (TPSA) is 109 Å². The van der Waals surface area contributed by atoms with Crippen LogP contribution in [-0.4, -0.2) is 22.1 Å². The van der Waals surface area contributed by atoms with Gasteiger partial charge in [0.05, 0.1) is 16.6 Å². The zero-order valence-electron chi connectivity index (χ0n) is 18.9. The molecule has 0 saturated carbocycles. The summed E-state index contributed by atoms with van der Waals surface area (Å²) < 4.78 is 5.32. The van der Waals surface area contributed by atoms with Crippen LogP contribution in [0.4, 0.5) is 21.9 Å². The first kappa shape index (κ1) is 22.0. The number of anilines is 3. The number of benzene rings is 2. The van der Waals surface area contributed by atoms with E-state index in [1.54, 1.807) is 37.3 Å². The second-order valence-electron chi connectivity index (χ2n) is 8.13. The molecule has 0 aliphatic heterocycles. The van der Waals surface area contributed by atoms with Crippen LogP contribution in [0.3, 0.4) is 0 Å². The van der Waals surface area contributed by atoms with Crippen LogP contribution in [0.5, 0.6) is 0 Å². The number of aryl methyl sites for hydroxylation is 2. The van der Waals surface area contributed by atoms with Gasteiger partial charge in [-0.05, 0) is 55.7 Å². The summed E-state index contributed by atoms with van der Waals surface area (Å²) >= 11 is 0. The van der Waals surface area contributed by atoms with E-state index in [0.717, 1.165) is 11.3 Å². The van der Waals surface area contributed by atoms with Gasteiger partial charge in [0.1, 0.15) is 0 Å². The second kappa shape index (κ2) is 9.12. The molecular formula is C25H25N5O3. The summed E-state index contributed by atoms with van der Waals surface area (Å²) in [7, 11) is 0. The fourth-order valence-corrected chi connectivity index (χ4v) is 3.43. The number of nitrogens with zero attached hydrogens (tertiary/aromatic N) is 2. The molecule has 3 amide bonds. The standard InChI is InChI=1S/C25H25N5O3/c1-14(2)20-13-19(22-16(4)30-33-24(22)29-20)23(31)28-21-12-18(11-10-15(21)3)27-25(32)26-17-8-6-5-7-9-17/h5-14H,1-4H3,(H,28,31)(H2,26,27,32). The molecule has 0 atom stereocenters. The molecule has 0 fully saturated rings. The first-order chi connectivity index (χ1) is 15.8. The fraction of sp³-hybridized carbons (Fsp3) is 0.200. The Morgan fingerprint density at radius 1 is 0.909 bits per heavy atom. The van der Waals surface area contributed by atoms with E-state index < -0.39 is 0 Å². The second-order valence-corrected chi connectivity index (χ2v) is 8.13. The maximum absolute atomic E-state index is 13.3. The van der Waals surface area contributed by atoms with Crippen LogP contribution < -0.4 is 16.0 Å². The Bertz CT molecular complexity index is 1330. The number of carbonyl (C=O) groups is 2. The van der Waals surface area contributed by atoms with Gasteiger partial charge in [0.25, 0.3) is 11.6 Å². The Hall–Kier alpha value is -4.20. The third-order valence-electron chi connectivity index (χ3n) is 5.25.